The van der Waals surface area contributed by atoms with Gasteiger partial charge in [0.15, 0.2) is 0 Å². The zero-order chi connectivity index (χ0) is 14.7. The molecular weight excluding hydrogens is 276 g/mol. The van der Waals surface area contributed by atoms with Crippen molar-refractivity contribution in [2.45, 2.75) is 35.7 Å². The number of aromatic nitrogens is 1. The van der Waals surface area contributed by atoms with Crippen molar-refractivity contribution in [3.05, 3.63) is 60.2 Å². The van der Waals surface area contributed by atoms with Crippen molar-refractivity contribution >= 4 is 22.7 Å². The summed E-state index contributed by atoms with van der Waals surface area (Å²) in [5.41, 5.74) is 8.62. The molecule has 3 aromatic rings. The molecule has 1 heterocycles. The summed E-state index contributed by atoms with van der Waals surface area (Å²) >= 11 is 1.78. The summed E-state index contributed by atoms with van der Waals surface area (Å²) < 4.78 is 0. The van der Waals surface area contributed by atoms with E-state index >= 15 is 0 Å². The first-order valence-electron chi connectivity index (χ1n) is 7.35. The van der Waals surface area contributed by atoms with Gasteiger partial charge >= 0.3 is 0 Å². The summed E-state index contributed by atoms with van der Waals surface area (Å²) in [5.74, 6) is 0. The van der Waals surface area contributed by atoms with Gasteiger partial charge < -0.3 is 10.7 Å². The minimum absolute atomic E-state index is 0.231. The van der Waals surface area contributed by atoms with E-state index in [-0.39, 0.29) is 6.04 Å². The van der Waals surface area contributed by atoms with E-state index in [1.807, 2.05) is 0 Å². The van der Waals surface area contributed by atoms with E-state index in [2.05, 4.69) is 66.5 Å². The monoisotopic (exact) mass is 296 g/mol. The lowest BCUT2D eigenvalue weighted by atomic mass is 10.1. The Bertz CT molecular complexity index is 700. The van der Waals surface area contributed by atoms with Gasteiger partial charge in [0, 0.05) is 21.8 Å². The number of aromatic amines is 1. The molecule has 0 aliphatic rings. The Hall–Kier alpha value is -1.71. The van der Waals surface area contributed by atoms with E-state index in [1.165, 1.54) is 26.4 Å². The zero-order valence-electron chi connectivity index (χ0n) is 12.2. The third-order valence-corrected chi connectivity index (χ3v) is 4.76. The molecule has 0 aliphatic carbocycles. The van der Waals surface area contributed by atoms with Gasteiger partial charge in [0.2, 0.25) is 0 Å². The van der Waals surface area contributed by atoms with Crippen LogP contribution in [0.5, 0.6) is 0 Å². The SMILES string of the molecule is CCC(N)Cc1ccccc1Sc1cc2ccccc2[nH]1. The van der Waals surface area contributed by atoms with Crippen LogP contribution >= 0.6 is 11.8 Å². The molecule has 3 rings (SSSR count). The summed E-state index contributed by atoms with van der Waals surface area (Å²) in [7, 11) is 0. The lowest BCUT2D eigenvalue weighted by molar-refractivity contribution is 0.641. The molecule has 2 nitrogen and oxygen atoms in total. The second-order valence-corrected chi connectivity index (χ2v) is 6.39. The van der Waals surface area contributed by atoms with Crippen molar-refractivity contribution < 1.29 is 0 Å². The normalized spacial score (nSPS) is 12.7. The molecule has 1 atom stereocenters. The number of rotatable bonds is 5. The fourth-order valence-corrected chi connectivity index (χ4v) is 3.43. The number of hydrogen-bond acceptors (Lipinski definition) is 2. The quantitative estimate of drug-likeness (QED) is 0.722. The Morgan fingerprint density at radius 1 is 1.10 bits per heavy atom. The van der Waals surface area contributed by atoms with Gasteiger partial charge in [-0.2, -0.15) is 0 Å². The molecule has 0 aliphatic heterocycles. The molecule has 0 radical (unpaired) electrons. The highest BCUT2D eigenvalue weighted by Crippen LogP contribution is 2.32. The lowest BCUT2D eigenvalue weighted by Crippen LogP contribution is -2.21. The summed E-state index contributed by atoms with van der Waals surface area (Å²) in [5, 5.41) is 2.43. The van der Waals surface area contributed by atoms with Crippen molar-refractivity contribution in [1.29, 1.82) is 0 Å². The van der Waals surface area contributed by atoms with Crippen molar-refractivity contribution in [3.8, 4) is 0 Å². The first-order valence-corrected chi connectivity index (χ1v) is 8.17. The number of H-pyrrole nitrogens is 1. The summed E-state index contributed by atoms with van der Waals surface area (Å²) in [4.78, 5) is 4.76. The Balaban J connectivity index is 1.87. The lowest BCUT2D eigenvalue weighted by Gasteiger charge is -2.12. The zero-order valence-corrected chi connectivity index (χ0v) is 13.0. The van der Waals surface area contributed by atoms with E-state index in [0.29, 0.717) is 0 Å². The topological polar surface area (TPSA) is 41.8 Å². The van der Waals surface area contributed by atoms with Gasteiger partial charge in [-0.3, -0.25) is 0 Å². The van der Waals surface area contributed by atoms with Crippen molar-refractivity contribution in [2.24, 2.45) is 5.73 Å². The van der Waals surface area contributed by atoms with Gasteiger partial charge in [-0.25, -0.2) is 0 Å². The Labute approximate surface area is 129 Å². The van der Waals surface area contributed by atoms with Gasteiger partial charge in [0.1, 0.15) is 0 Å². The largest absolute Gasteiger partial charge is 0.349 e. The van der Waals surface area contributed by atoms with E-state index in [1.54, 1.807) is 11.8 Å². The Morgan fingerprint density at radius 2 is 1.86 bits per heavy atom. The third-order valence-electron chi connectivity index (χ3n) is 3.70. The molecule has 0 amide bonds. The van der Waals surface area contributed by atoms with Crippen LogP contribution in [0.15, 0.2) is 64.5 Å². The molecule has 0 spiro atoms. The van der Waals surface area contributed by atoms with E-state index in [4.69, 9.17) is 5.73 Å². The van der Waals surface area contributed by atoms with Gasteiger partial charge in [-0.15, -0.1) is 0 Å². The molecule has 3 N–H and O–H groups in total. The molecular formula is C18H20N2S. The molecule has 1 aromatic heterocycles. The minimum Gasteiger partial charge on any atom is -0.349 e. The molecule has 0 saturated heterocycles. The smallest absolute Gasteiger partial charge is 0.0780 e. The average Bonchev–Trinajstić information content (AvgIpc) is 2.91. The predicted octanol–water partition coefficient (Wildman–Crippen LogP) is 4.60. The van der Waals surface area contributed by atoms with E-state index in [9.17, 15) is 0 Å². The molecule has 2 aromatic carbocycles. The first-order chi connectivity index (χ1) is 10.3. The van der Waals surface area contributed by atoms with Gasteiger partial charge in [0.05, 0.1) is 5.03 Å². The van der Waals surface area contributed by atoms with Crippen LogP contribution < -0.4 is 5.73 Å². The fourth-order valence-electron chi connectivity index (χ4n) is 2.42. The molecule has 3 heteroatoms. The number of hydrogen-bond donors (Lipinski definition) is 2. The van der Waals surface area contributed by atoms with E-state index in [0.717, 1.165) is 12.8 Å². The second kappa shape index (κ2) is 6.37. The Kier molecular flexibility index (Phi) is 4.32. The van der Waals surface area contributed by atoms with Crippen LogP contribution in [0.1, 0.15) is 18.9 Å². The summed E-state index contributed by atoms with van der Waals surface area (Å²) in [6.07, 6.45) is 1.94. The molecule has 21 heavy (non-hydrogen) atoms. The van der Waals surface area contributed by atoms with Crippen LogP contribution in [0, 0.1) is 0 Å². The Morgan fingerprint density at radius 3 is 2.67 bits per heavy atom. The van der Waals surface area contributed by atoms with Gasteiger partial charge in [-0.05, 0) is 36.6 Å². The highest BCUT2D eigenvalue weighted by atomic mass is 32.2. The molecule has 108 valence electrons. The number of nitrogens with two attached hydrogens (primary N) is 1. The number of fused-ring (bicyclic) bond motifs is 1. The van der Waals surface area contributed by atoms with Gasteiger partial charge in [0.25, 0.3) is 0 Å². The highest BCUT2D eigenvalue weighted by Gasteiger charge is 2.09. The van der Waals surface area contributed by atoms with Crippen LogP contribution in [-0.2, 0) is 6.42 Å². The third kappa shape index (κ3) is 3.31. The average molecular weight is 296 g/mol. The predicted molar refractivity (Wildman–Crippen MR) is 90.8 cm³/mol. The maximum atomic E-state index is 6.11. The second-order valence-electron chi connectivity index (χ2n) is 5.30. The van der Waals surface area contributed by atoms with Crippen LogP contribution in [0.2, 0.25) is 0 Å². The maximum absolute atomic E-state index is 6.11. The van der Waals surface area contributed by atoms with E-state index < -0.39 is 0 Å². The van der Waals surface area contributed by atoms with Crippen LogP contribution in [0.25, 0.3) is 10.9 Å². The van der Waals surface area contributed by atoms with Crippen molar-refractivity contribution in [1.82, 2.24) is 4.98 Å². The molecule has 0 bridgehead atoms. The van der Waals surface area contributed by atoms with Crippen LogP contribution in [-0.4, -0.2) is 11.0 Å². The van der Waals surface area contributed by atoms with Crippen LogP contribution in [0.3, 0.4) is 0 Å². The number of benzene rings is 2. The number of nitrogens with one attached hydrogen (secondary N) is 1. The van der Waals surface area contributed by atoms with Crippen LogP contribution in [0.4, 0.5) is 0 Å². The molecule has 0 saturated carbocycles. The fraction of sp³-hybridized carbons (Fsp3) is 0.222. The molecule has 1 unspecified atom stereocenters. The van der Waals surface area contributed by atoms with Gasteiger partial charge in [-0.1, -0.05) is 55.1 Å². The first kappa shape index (κ1) is 14.2. The highest BCUT2D eigenvalue weighted by molar-refractivity contribution is 7.99. The standard InChI is InChI=1S/C18H20N2S/c1-2-15(19)11-14-8-4-6-10-17(14)21-18-12-13-7-3-5-9-16(13)20-18/h3-10,12,15,20H,2,11,19H2,1H3. The summed E-state index contributed by atoms with van der Waals surface area (Å²) in [6.45, 7) is 2.14. The minimum atomic E-state index is 0.231. The van der Waals surface area contributed by atoms with Crippen molar-refractivity contribution in [3.63, 3.8) is 0 Å². The number of para-hydroxylation sites is 1. The molecule has 0 fully saturated rings. The summed E-state index contributed by atoms with van der Waals surface area (Å²) in [6, 6.07) is 19.3. The van der Waals surface area contributed by atoms with Crippen molar-refractivity contribution in [2.75, 3.05) is 0 Å². The maximum Gasteiger partial charge on any atom is 0.0780 e.